The number of thiazole rings is 1. The molecule has 4 aromatic rings. The second kappa shape index (κ2) is 6.92. The van der Waals surface area contributed by atoms with Crippen LogP contribution in [0, 0.1) is 10.1 Å². The molecule has 0 spiro atoms. The maximum Gasteiger partial charge on any atom is 0.302 e. The monoisotopic (exact) mass is 399 g/mol. The number of nitro groups is 1. The molecule has 28 heavy (non-hydrogen) atoms. The summed E-state index contributed by atoms with van der Waals surface area (Å²) in [5.41, 5.74) is 0.361. The zero-order chi connectivity index (χ0) is 19.7. The Balaban J connectivity index is 1.46. The summed E-state index contributed by atoms with van der Waals surface area (Å²) < 4.78 is 10.6. The SMILES string of the molecule is O=C(Nc1nc2ccc([N+](=O)[O-])cc2s1)c1coc(NC(=O)c2ccco2)n1. The number of anilines is 2. The highest BCUT2D eigenvalue weighted by Gasteiger charge is 2.18. The predicted molar refractivity (Wildman–Crippen MR) is 97.4 cm³/mol. The van der Waals surface area contributed by atoms with Crippen LogP contribution in [0.5, 0.6) is 0 Å². The lowest BCUT2D eigenvalue weighted by atomic mass is 10.3. The third kappa shape index (κ3) is 3.43. The van der Waals surface area contributed by atoms with Gasteiger partial charge in [0.2, 0.25) is 0 Å². The van der Waals surface area contributed by atoms with Crippen LogP contribution < -0.4 is 10.6 Å². The van der Waals surface area contributed by atoms with E-state index < -0.39 is 16.7 Å². The molecule has 140 valence electrons. The van der Waals surface area contributed by atoms with Gasteiger partial charge in [-0.25, -0.2) is 4.98 Å². The lowest BCUT2D eigenvalue weighted by molar-refractivity contribution is -0.384. The molecule has 2 N–H and O–H groups in total. The van der Waals surface area contributed by atoms with E-state index >= 15 is 0 Å². The first-order valence-electron chi connectivity index (χ1n) is 7.66. The van der Waals surface area contributed by atoms with Crippen LogP contribution in [0.2, 0.25) is 0 Å². The second-order valence-electron chi connectivity index (χ2n) is 5.35. The molecule has 0 saturated carbocycles. The minimum absolute atomic E-state index is 0.0628. The highest BCUT2D eigenvalue weighted by Crippen LogP contribution is 2.29. The number of carbonyl (C=O) groups is 2. The third-order valence-corrected chi connectivity index (χ3v) is 4.44. The Kier molecular flexibility index (Phi) is 4.29. The molecule has 0 aliphatic carbocycles. The van der Waals surface area contributed by atoms with Crippen molar-refractivity contribution in [1.82, 2.24) is 9.97 Å². The summed E-state index contributed by atoms with van der Waals surface area (Å²) in [6, 6.07) is 7.05. The molecule has 0 aliphatic heterocycles. The molecule has 2 amide bonds. The minimum atomic E-state index is -0.615. The van der Waals surface area contributed by atoms with Crippen molar-refractivity contribution < 1.29 is 23.3 Å². The van der Waals surface area contributed by atoms with Gasteiger partial charge in [-0.2, -0.15) is 4.98 Å². The van der Waals surface area contributed by atoms with Crippen LogP contribution in [0.3, 0.4) is 0 Å². The molecule has 0 bridgehead atoms. The maximum atomic E-state index is 12.3. The average Bonchev–Trinajstić information content (AvgIpc) is 3.41. The Labute approximate surface area is 159 Å². The number of nitro benzene ring substituents is 1. The fourth-order valence-corrected chi connectivity index (χ4v) is 3.14. The first kappa shape index (κ1) is 17.4. The van der Waals surface area contributed by atoms with Gasteiger partial charge in [-0.3, -0.25) is 30.3 Å². The molecule has 12 heteroatoms. The Morgan fingerprint density at radius 1 is 1.11 bits per heavy atom. The summed E-state index contributed by atoms with van der Waals surface area (Å²) in [6.45, 7) is 0. The van der Waals surface area contributed by atoms with Crippen molar-refractivity contribution in [2.75, 3.05) is 10.6 Å². The molecule has 0 atom stereocenters. The molecule has 3 aromatic heterocycles. The van der Waals surface area contributed by atoms with Crippen LogP contribution in [0.15, 0.2) is 51.7 Å². The molecular formula is C16H9N5O6S. The summed E-state index contributed by atoms with van der Waals surface area (Å²) in [7, 11) is 0. The first-order chi connectivity index (χ1) is 13.5. The number of oxazole rings is 1. The maximum absolute atomic E-state index is 12.3. The van der Waals surface area contributed by atoms with Crippen LogP contribution in [-0.2, 0) is 0 Å². The molecule has 0 fully saturated rings. The van der Waals surface area contributed by atoms with Crippen LogP contribution >= 0.6 is 11.3 Å². The van der Waals surface area contributed by atoms with Gasteiger partial charge in [-0.1, -0.05) is 11.3 Å². The molecule has 1 aromatic carbocycles. The van der Waals surface area contributed by atoms with E-state index in [2.05, 4.69) is 20.6 Å². The van der Waals surface area contributed by atoms with Gasteiger partial charge < -0.3 is 8.83 Å². The summed E-state index contributed by atoms with van der Waals surface area (Å²) in [4.78, 5) is 42.5. The highest BCUT2D eigenvalue weighted by molar-refractivity contribution is 7.22. The van der Waals surface area contributed by atoms with E-state index in [9.17, 15) is 19.7 Å². The Bertz CT molecular complexity index is 1200. The molecule has 0 saturated heterocycles. The topological polar surface area (TPSA) is 153 Å². The largest absolute Gasteiger partial charge is 0.459 e. The second-order valence-corrected chi connectivity index (χ2v) is 6.38. The smallest absolute Gasteiger partial charge is 0.302 e. The molecule has 11 nitrogen and oxygen atoms in total. The zero-order valence-corrected chi connectivity index (χ0v) is 14.6. The molecule has 0 unspecified atom stereocenters. The summed E-state index contributed by atoms with van der Waals surface area (Å²) in [6.07, 6.45) is 2.42. The van der Waals surface area contributed by atoms with E-state index in [0.717, 1.165) is 17.6 Å². The average molecular weight is 399 g/mol. The summed E-state index contributed by atoms with van der Waals surface area (Å²) >= 11 is 1.08. The van der Waals surface area contributed by atoms with E-state index in [1.807, 2.05) is 0 Å². The van der Waals surface area contributed by atoms with E-state index in [4.69, 9.17) is 8.83 Å². The van der Waals surface area contributed by atoms with Crippen molar-refractivity contribution in [2.45, 2.75) is 0 Å². The highest BCUT2D eigenvalue weighted by atomic mass is 32.1. The summed E-state index contributed by atoms with van der Waals surface area (Å²) in [5, 5.41) is 16.0. The number of amides is 2. The van der Waals surface area contributed by atoms with Gasteiger partial charge in [-0.05, 0) is 18.2 Å². The van der Waals surface area contributed by atoms with Crippen molar-refractivity contribution >= 4 is 50.2 Å². The van der Waals surface area contributed by atoms with Crippen LogP contribution in [0.1, 0.15) is 21.0 Å². The zero-order valence-electron chi connectivity index (χ0n) is 13.7. The van der Waals surface area contributed by atoms with E-state index in [0.29, 0.717) is 10.2 Å². The van der Waals surface area contributed by atoms with Crippen LogP contribution in [0.25, 0.3) is 10.2 Å². The fourth-order valence-electron chi connectivity index (χ4n) is 2.24. The van der Waals surface area contributed by atoms with Gasteiger partial charge in [0.1, 0.15) is 6.26 Å². The molecule has 4 rings (SSSR count). The number of fused-ring (bicyclic) bond motifs is 1. The number of hydrogen-bond acceptors (Lipinski definition) is 9. The number of non-ortho nitro benzene ring substituents is 1. The van der Waals surface area contributed by atoms with Gasteiger partial charge in [0.15, 0.2) is 16.6 Å². The first-order valence-corrected chi connectivity index (χ1v) is 8.48. The third-order valence-electron chi connectivity index (χ3n) is 3.51. The van der Waals surface area contributed by atoms with Crippen molar-refractivity contribution in [3.63, 3.8) is 0 Å². The van der Waals surface area contributed by atoms with Crippen molar-refractivity contribution in [1.29, 1.82) is 0 Å². The standard InChI is InChI=1S/C16H9N5O6S/c22-13(10-7-27-15(17-10)19-14(23)11-2-1-5-26-11)20-16-18-9-4-3-8(21(24)25)6-12(9)28-16/h1-7H,(H,17,19,23)(H,18,20,22). The number of nitrogens with zero attached hydrogens (tertiary/aromatic N) is 3. The number of furan rings is 1. The van der Waals surface area contributed by atoms with Gasteiger partial charge in [0.05, 0.1) is 21.4 Å². The Morgan fingerprint density at radius 3 is 2.71 bits per heavy atom. The normalized spacial score (nSPS) is 10.7. The van der Waals surface area contributed by atoms with Crippen molar-refractivity contribution in [3.05, 3.63) is 64.4 Å². The number of hydrogen-bond donors (Lipinski definition) is 2. The molecule has 0 radical (unpaired) electrons. The van der Waals surface area contributed by atoms with Gasteiger partial charge in [0, 0.05) is 12.1 Å². The molecule has 3 heterocycles. The predicted octanol–water partition coefficient (Wildman–Crippen LogP) is 3.29. The number of carbonyl (C=O) groups excluding carboxylic acids is 2. The lowest BCUT2D eigenvalue weighted by Gasteiger charge is -1.97. The lowest BCUT2D eigenvalue weighted by Crippen LogP contribution is -2.14. The van der Waals surface area contributed by atoms with Gasteiger partial charge in [-0.15, -0.1) is 0 Å². The number of benzene rings is 1. The number of rotatable bonds is 5. The Hall–Kier alpha value is -4.06. The van der Waals surface area contributed by atoms with Crippen molar-refractivity contribution in [2.24, 2.45) is 0 Å². The Morgan fingerprint density at radius 2 is 1.96 bits per heavy atom. The number of aromatic nitrogens is 2. The molecule has 0 aliphatic rings. The van der Waals surface area contributed by atoms with E-state index in [1.165, 1.54) is 30.5 Å². The fraction of sp³-hybridized carbons (Fsp3) is 0. The summed E-state index contributed by atoms with van der Waals surface area (Å²) in [5.74, 6) is -1.13. The van der Waals surface area contributed by atoms with E-state index in [1.54, 1.807) is 6.07 Å². The minimum Gasteiger partial charge on any atom is -0.459 e. The van der Waals surface area contributed by atoms with E-state index in [-0.39, 0.29) is 28.3 Å². The van der Waals surface area contributed by atoms with Gasteiger partial charge >= 0.3 is 6.01 Å². The number of nitrogens with one attached hydrogen (secondary N) is 2. The van der Waals surface area contributed by atoms with Crippen molar-refractivity contribution in [3.8, 4) is 0 Å². The van der Waals surface area contributed by atoms with Crippen LogP contribution in [-0.4, -0.2) is 26.7 Å². The van der Waals surface area contributed by atoms with Gasteiger partial charge in [0.25, 0.3) is 17.5 Å². The van der Waals surface area contributed by atoms with Crippen LogP contribution in [0.4, 0.5) is 16.8 Å². The molecular weight excluding hydrogens is 390 g/mol. The quantitative estimate of drug-likeness (QED) is 0.383.